The Kier molecular flexibility index (Phi) is 8.88. The van der Waals surface area contributed by atoms with E-state index in [2.05, 4.69) is 46.0 Å². The van der Waals surface area contributed by atoms with Crippen LogP contribution in [0, 0.1) is 0 Å². The van der Waals surface area contributed by atoms with Crippen molar-refractivity contribution in [3.8, 4) is 0 Å². The molecule has 0 saturated heterocycles. The van der Waals surface area contributed by atoms with Crippen LogP contribution in [0.15, 0.2) is 48.5 Å². The summed E-state index contributed by atoms with van der Waals surface area (Å²) >= 11 is 0. The first-order valence-electron chi connectivity index (χ1n) is 11.8. The van der Waals surface area contributed by atoms with E-state index in [9.17, 15) is 4.79 Å². The van der Waals surface area contributed by atoms with Crippen molar-refractivity contribution in [1.29, 1.82) is 0 Å². The molecule has 183 valence electrons. The second-order valence-electron chi connectivity index (χ2n) is 11.2. The van der Waals surface area contributed by atoms with Crippen molar-refractivity contribution >= 4 is 14.4 Å². The van der Waals surface area contributed by atoms with Crippen LogP contribution in [0.1, 0.15) is 71.5 Å². The maximum atomic E-state index is 13.1. The third-order valence-corrected chi connectivity index (χ3v) is 10.7. The summed E-state index contributed by atoms with van der Waals surface area (Å²) in [4.78, 5) is 19.7. The van der Waals surface area contributed by atoms with Crippen LogP contribution in [-0.4, -0.2) is 36.4 Å². The van der Waals surface area contributed by atoms with Crippen LogP contribution in [0.3, 0.4) is 0 Å². The van der Waals surface area contributed by atoms with Crippen molar-refractivity contribution in [2.75, 3.05) is 6.54 Å². The monoisotopic (exact) mass is 470 g/mol. The van der Waals surface area contributed by atoms with Crippen LogP contribution in [0.25, 0.3) is 0 Å². The van der Waals surface area contributed by atoms with E-state index in [0.29, 0.717) is 13.2 Å². The van der Waals surface area contributed by atoms with Gasteiger partial charge >= 0.3 is 6.09 Å². The summed E-state index contributed by atoms with van der Waals surface area (Å²) in [7, 11) is -1.87. The van der Waals surface area contributed by atoms with Crippen molar-refractivity contribution in [2.24, 2.45) is 0 Å². The summed E-state index contributed by atoms with van der Waals surface area (Å²) in [5, 5.41) is 0.142. The number of hydrogen-bond donors (Lipinski definition) is 0. The van der Waals surface area contributed by atoms with Crippen LogP contribution in [0.5, 0.6) is 0 Å². The van der Waals surface area contributed by atoms with E-state index in [1.165, 1.54) is 5.56 Å². The standard InChI is InChI=1S/C27H42N2O3Si/c1-21(24-17-13-16-23(28-24)20-31-33(8,9)27(5,6)7)29(25(30)32-26(2,3)4)19-18-22-14-11-10-12-15-22/h10-17,21H,18-20H2,1-9H3/q-1. The highest BCUT2D eigenvalue weighted by molar-refractivity contribution is 6.74. The summed E-state index contributed by atoms with van der Waals surface area (Å²) in [5.41, 5.74) is 2.35. The summed E-state index contributed by atoms with van der Waals surface area (Å²) in [6, 6.07) is 15.9. The molecule has 0 saturated carbocycles. The van der Waals surface area contributed by atoms with Gasteiger partial charge in [0, 0.05) is 13.2 Å². The number of benzene rings is 1. The second kappa shape index (κ2) is 10.8. The summed E-state index contributed by atoms with van der Waals surface area (Å²) < 4.78 is 12.1. The van der Waals surface area contributed by atoms with Gasteiger partial charge in [-0.15, -0.1) is 18.1 Å². The number of pyridine rings is 1. The van der Waals surface area contributed by atoms with Crippen LogP contribution < -0.4 is 0 Å². The van der Waals surface area contributed by atoms with Crippen molar-refractivity contribution in [3.05, 3.63) is 65.5 Å². The number of aromatic nitrogens is 1. The topological polar surface area (TPSA) is 51.7 Å². The Morgan fingerprint density at radius 2 is 1.64 bits per heavy atom. The first kappa shape index (κ1) is 27.1. The largest absolute Gasteiger partial charge is 0.560 e. The minimum atomic E-state index is -1.87. The molecule has 1 heterocycles. The predicted molar refractivity (Wildman–Crippen MR) is 138 cm³/mol. The van der Waals surface area contributed by atoms with Gasteiger partial charge in [0.2, 0.25) is 0 Å². The number of carbonyl (C=O) groups is 1. The normalized spacial score (nSPS) is 13.5. The van der Waals surface area contributed by atoms with Crippen molar-refractivity contribution < 1.29 is 14.0 Å². The predicted octanol–water partition coefficient (Wildman–Crippen LogP) is 7.14. The van der Waals surface area contributed by atoms with Gasteiger partial charge in [-0.25, -0.2) is 4.79 Å². The van der Waals surface area contributed by atoms with E-state index < -0.39 is 13.9 Å². The Hall–Kier alpha value is -2.18. The van der Waals surface area contributed by atoms with E-state index in [1.54, 1.807) is 4.90 Å². The second-order valence-corrected chi connectivity index (χ2v) is 16.0. The van der Waals surface area contributed by atoms with Gasteiger partial charge in [0.25, 0.3) is 0 Å². The van der Waals surface area contributed by atoms with Gasteiger partial charge in [-0.05, 0) is 60.1 Å². The number of hydrogen-bond acceptors (Lipinski definition) is 4. The smallest absolute Gasteiger partial charge is 0.410 e. The minimum absolute atomic E-state index is 0.142. The number of ether oxygens (including phenoxy) is 1. The molecule has 0 fully saturated rings. The molecular weight excluding hydrogens is 428 g/mol. The van der Waals surface area contributed by atoms with Gasteiger partial charge < -0.3 is 9.16 Å². The Balaban J connectivity index is 2.21. The Morgan fingerprint density at radius 1 is 1.00 bits per heavy atom. The van der Waals surface area contributed by atoms with E-state index >= 15 is 0 Å². The molecule has 5 nitrogen and oxygen atoms in total. The Morgan fingerprint density at radius 3 is 2.21 bits per heavy atom. The lowest BCUT2D eigenvalue weighted by molar-refractivity contribution is 0.0172. The number of carbonyl (C=O) groups excluding carboxylic acids is 1. The lowest BCUT2D eigenvalue weighted by Gasteiger charge is -2.48. The maximum Gasteiger partial charge on any atom is 0.410 e. The summed E-state index contributed by atoms with van der Waals surface area (Å²) in [6.45, 7) is 19.9. The molecule has 6 heteroatoms. The average molecular weight is 471 g/mol. The molecule has 0 bridgehead atoms. The van der Waals surface area contributed by atoms with Gasteiger partial charge in [-0.2, -0.15) is 0 Å². The van der Waals surface area contributed by atoms with E-state index in [4.69, 9.17) is 14.1 Å². The van der Waals surface area contributed by atoms with E-state index in [-0.39, 0.29) is 17.2 Å². The molecule has 0 aliphatic heterocycles. The highest BCUT2D eigenvalue weighted by Gasteiger charge is 2.28. The van der Waals surface area contributed by atoms with Crippen molar-refractivity contribution in [3.63, 3.8) is 0 Å². The van der Waals surface area contributed by atoms with Gasteiger partial charge in [0.05, 0.1) is 17.4 Å². The van der Waals surface area contributed by atoms with Gasteiger partial charge in [-0.1, -0.05) is 57.2 Å². The molecule has 1 unspecified atom stereocenters. The van der Waals surface area contributed by atoms with Crippen LogP contribution in [0.2, 0.25) is 18.1 Å². The third kappa shape index (κ3) is 8.27. The fraction of sp³-hybridized carbons (Fsp3) is 0.556. The third-order valence-electron chi connectivity index (χ3n) is 6.22. The van der Waals surface area contributed by atoms with Crippen LogP contribution >= 0.6 is 0 Å². The first-order chi connectivity index (χ1) is 15.2. The molecule has 1 atom stereocenters. The molecule has 0 aliphatic rings. The van der Waals surface area contributed by atoms with Gasteiger partial charge in [0.15, 0.2) is 0 Å². The van der Waals surface area contributed by atoms with Crippen molar-refractivity contribution in [1.82, 2.24) is 9.88 Å². The molecule has 2 aromatic rings. The quantitative estimate of drug-likeness (QED) is 0.385. The molecule has 1 aromatic carbocycles. The SMILES string of the molecule is CC(c1cccc(CO[Si-](C)(C)C(C)(C)C)n1)N(CCc1ccccc1)C(=O)OC(C)(C)C. The zero-order chi connectivity index (χ0) is 24.9. The van der Waals surface area contributed by atoms with Crippen molar-refractivity contribution in [2.45, 2.75) is 91.3 Å². The zero-order valence-electron chi connectivity index (χ0n) is 21.9. The van der Waals surface area contributed by atoms with Crippen LogP contribution in [0.4, 0.5) is 4.79 Å². The fourth-order valence-corrected chi connectivity index (χ4v) is 4.04. The molecule has 33 heavy (non-hydrogen) atoms. The maximum absolute atomic E-state index is 13.1. The highest BCUT2D eigenvalue weighted by Crippen LogP contribution is 2.37. The van der Waals surface area contributed by atoms with Crippen LogP contribution in [-0.2, 0) is 22.2 Å². The Bertz CT molecular complexity index is 902. The highest BCUT2D eigenvalue weighted by atomic mass is 28.4. The molecule has 1 aromatic heterocycles. The van der Waals surface area contributed by atoms with Gasteiger partial charge in [0.1, 0.15) is 5.60 Å². The summed E-state index contributed by atoms with van der Waals surface area (Å²) in [5.74, 6) is 0. The Labute approximate surface area is 201 Å². The molecule has 0 radical (unpaired) electrons. The molecule has 0 aliphatic carbocycles. The van der Waals surface area contributed by atoms with E-state index in [1.807, 2.05) is 64.1 Å². The number of nitrogens with zero attached hydrogens (tertiary/aromatic N) is 2. The summed E-state index contributed by atoms with van der Waals surface area (Å²) in [6.07, 6.45) is 0.425. The first-order valence-corrected chi connectivity index (χ1v) is 14.7. The van der Waals surface area contributed by atoms with Gasteiger partial charge in [-0.3, -0.25) is 9.88 Å². The average Bonchev–Trinajstić information content (AvgIpc) is 2.71. The lowest BCUT2D eigenvalue weighted by Crippen LogP contribution is -2.40. The fourth-order valence-electron chi connectivity index (χ4n) is 3.10. The molecule has 1 amide bonds. The molecular formula is C27H42N2O3Si-. The molecule has 2 rings (SSSR count). The lowest BCUT2D eigenvalue weighted by atomic mass is 10.1. The number of rotatable bonds is 8. The molecule has 0 N–H and O–H groups in total. The minimum Gasteiger partial charge on any atom is -0.560 e. The van der Waals surface area contributed by atoms with E-state index in [0.717, 1.165) is 17.8 Å². The zero-order valence-corrected chi connectivity index (χ0v) is 22.9. The molecule has 0 spiro atoms. The number of amides is 1.